The fourth-order valence-electron chi connectivity index (χ4n) is 2.71. The minimum absolute atomic E-state index is 0.00498. The van der Waals surface area contributed by atoms with Crippen LogP contribution in [0.2, 0.25) is 0 Å². The highest BCUT2D eigenvalue weighted by molar-refractivity contribution is 5.94. The lowest BCUT2D eigenvalue weighted by Gasteiger charge is -2.32. The van der Waals surface area contributed by atoms with Crippen molar-refractivity contribution < 1.29 is 14.7 Å². The van der Waals surface area contributed by atoms with Gasteiger partial charge in [-0.25, -0.2) is 0 Å². The van der Waals surface area contributed by atoms with Crippen LogP contribution in [0.1, 0.15) is 32.3 Å². The first-order valence-electron chi connectivity index (χ1n) is 7.77. The van der Waals surface area contributed by atoms with E-state index in [9.17, 15) is 14.7 Å². The van der Waals surface area contributed by atoms with Gasteiger partial charge in [0.1, 0.15) is 5.75 Å². The van der Waals surface area contributed by atoms with Gasteiger partial charge in [-0.3, -0.25) is 9.59 Å². The number of aryl methyl sites for hydroxylation is 1. The van der Waals surface area contributed by atoms with Crippen molar-refractivity contribution in [1.29, 1.82) is 0 Å². The van der Waals surface area contributed by atoms with E-state index in [1.807, 2.05) is 25.7 Å². The molecule has 2 rings (SSSR count). The number of hydrogen-bond acceptors (Lipinski definition) is 3. The molecular weight excluding hydrogens is 280 g/mol. The van der Waals surface area contributed by atoms with Crippen molar-refractivity contribution >= 4 is 17.5 Å². The van der Waals surface area contributed by atoms with E-state index >= 15 is 0 Å². The molecule has 0 spiro atoms. The minimum atomic E-state index is -0.115. The highest BCUT2D eigenvalue weighted by atomic mass is 16.3. The Hall–Kier alpha value is -2.04. The molecular formula is C17H24N2O3. The molecule has 22 heavy (non-hydrogen) atoms. The molecule has 0 saturated carbocycles. The van der Waals surface area contributed by atoms with Crippen molar-refractivity contribution in [3.8, 4) is 5.75 Å². The summed E-state index contributed by atoms with van der Waals surface area (Å²) in [6, 6.07) is 5.13. The SMILES string of the molecule is Cc1ccc(O)c(NC(=O)C2CCN(C(=O)C(C)C)CC2)c1. The van der Waals surface area contributed by atoms with Gasteiger partial charge in [0.05, 0.1) is 5.69 Å². The monoisotopic (exact) mass is 304 g/mol. The predicted molar refractivity (Wildman–Crippen MR) is 85.6 cm³/mol. The van der Waals surface area contributed by atoms with E-state index in [1.54, 1.807) is 18.2 Å². The van der Waals surface area contributed by atoms with Gasteiger partial charge in [-0.2, -0.15) is 0 Å². The summed E-state index contributed by atoms with van der Waals surface area (Å²) < 4.78 is 0. The van der Waals surface area contributed by atoms with E-state index in [2.05, 4.69) is 5.32 Å². The molecule has 1 fully saturated rings. The van der Waals surface area contributed by atoms with Crippen molar-refractivity contribution in [2.45, 2.75) is 33.6 Å². The summed E-state index contributed by atoms with van der Waals surface area (Å²) in [5.74, 6) is 0.0184. The first-order chi connectivity index (χ1) is 10.4. The number of hydrogen-bond donors (Lipinski definition) is 2. The van der Waals surface area contributed by atoms with Gasteiger partial charge in [0.25, 0.3) is 0 Å². The number of benzene rings is 1. The van der Waals surface area contributed by atoms with E-state index in [0.717, 1.165) is 5.56 Å². The zero-order valence-electron chi connectivity index (χ0n) is 13.4. The molecule has 0 atom stereocenters. The van der Waals surface area contributed by atoms with E-state index in [4.69, 9.17) is 0 Å². The lowest BCUT2D eigenvalue weighted by molar-refractivity contribution is -0.137. The van der Waals surface area contributed by atoms with Crippen LogP contribution in [0.5, 0.6) is 5.75 Å². The number of amides is 2. The molecule has 5 nitrogen and oxygen atoms in total. The number of aromatic hydroxyl groups is 1. The second-order valence-electron chi connectivity index (χ2n) is 6.26. The van der Waals surface area contributed by atoms with Gasteiger partial charge < -0.3 is 15.3 Å². The molecule has 1 aliphatic rings. The maximum atomic E-state index is 12.3. The van der Waals surface area contributed by atoms with Crippen LogP contribution in [0.4, 0.5) is 5.69 Å². The zero-order chi connectivity index (χ0) is 16.3. The molecule has 5 heteroatoms. The third kappa shape index (κ3) is 3.78. The fraction of sp³-hybridized carbons (Fsp3) is 0.529. The second kappa shape index (κ2) is 6.81. The number of nitrogens with one attached hydrogen (secondary N) is 1. The summed E-state index contributed by atoms with van der Waals surface area (Å²) >= 11 is 0. The molecule has 0 bridgehead atoms. The largest absolute Gasteiger partial charge is 0.506 e. The Morgan fingerprint density at radius 1 is 1.27 bits per heavy atom. The average molecular weight is 304 g/mol. The molecule has 2 amide bonds. The third-order valence-corrected chi connectivity index (χ3v) is 4.08. The van der Waals surface area contributed by atoms with Gasteiger partial charge in [0.15, 0.2) is 0 Å². The summed E-state index contributed by atoms with van der Waals surface area (Å²) in [6.45, 7) is 6.93. The third-order valence-electron chi connectivity index (χ3n) is 4.08. The zero-order valence-corrected chi connectivity index (χ0v) is 13.4. The average Bonchev–Trinajstić information content (AvgIpc) is 2.50. The van der Waals surface area contributed by atoms with Gasteiger partial charge in [-0.05, 0) is 37.5 Å². The molecule has 120 valence electrons. The Kier molecular flexibility index (Phi) is 5.06. The number of piperidine rings is 1. The number of carbonyl (C=O) groups excluding carboxylic acids is 2. The molecule has 1 aromatic carbocycles. The molecule has 1 aromatic rings. The molecule has 0 aromatic heterocycles. The van der Waals surface area contributed by atoms with Crippen molar-refractivity contribution in [2.75, 3.05) is 18.4 Å². The highest BCUT2D eigenvalue weighted by Gasteiger charge is 2.28. The van der Waals surface area contributed by atoms with Crippen LogP contribution in [-0.4, -0.2) is 34.9 Å². The second-order valence-corrected chi connectivity index (χ2v) is 6.26. The summed E-state index contributed by atoms with van der Waals surface area (Å²) in [4.78, 5) is 26.1. The molecule has 0 aliphatic carbocycles. The first kappa shape index (κ1) is 16.3. The van der Waals surface area contributed by atoms with Crippen LogP contribution in [0.3, 0.4) is 0 Å². The lowest BCUT2D eigenvalue weighted by atomic mass is 9.95. The number of phenolic OH excluding ortho intramolecular Hbond substituents is 1. The van der Waals surface area contributed by atoms with Crippen LogP contribution >= 0.6 is 0 Å². The number of carbonyl (C=O) groups is 2. The van der Waals surface area contributed by atoms with Crippen LogP contribution < -0.4 is 5.32 Å². The van der Waals surface area contributed by atoms with E-state index in [0.29, 0.717) is 31.6 Å². The van der Waals surface area contributed by atoms with Gasteiger partial charge in [0, 0.05) is 24.9 Å². The molecule has 0 radical (unpaired) electrons. The smallest absolute Gasteiger partial charge is 0.227 e. The summed E-state index contributed by atoms with van der Waals surface area (Å²) in [7, 11) is 0. The number of nitrogens with zero attached hydrogens (tertiary/aromatic N) is 1. The van der Waals surface area contributed by atoms with Crippen molar-refractivity contribution in [3.63, 3.8) is 0 Å². The molecule has 1 saturated heterocycles. The maximum Gasteiger partial charge on any atom is 0.227 e. The normalized spacial score (nSPS) is 15.9. The summed E-state index contributed by atoms with van der Waals surface area (Å²) in [5.41, 5.74) is 1.43. The van der Waals surface area contributed by atoms with Gasteiger partial charge in [-0.1, -0.05) is 19.9 Å². The fourth-order valence-corrected chi connectivity index (χ4v) is 2.71. The Labute approximate surface area is 131 Å². The van der Waals surface area contributed by atoms with E-state index < -0.39 is 0 Å². The molecule has 1 aliphatic heterocycles. The summed E-state index contributed by atoms with van der Waals surface area (Å²) in [5, 5.41) is 12.6. The summed E-state index contributed by atoms with van der Waals surface area (Å²) in [6.07, 6.45) is 1.33. The van der Waals surface area contributed by atoms with Crippen LogP contribution in [0, 0.1) is 18.8 Å². The Balaban J connectivity index is 1.93. The van der Waals surface area contributed by atoms with Crippen LogP contribution in [0.15, 0.2) is 18.2 Å². The lowest BCUT2D eigenvalue weighted by Crippen LogP contribution is -2.43. The van der Waals surface area contributed by atoms with Crippen molar-refractivity contribution in [2.24, 2.45) is 11.8 Å². The minimum Gasteiger partial charge on any atom is -0.506 e. The number of phenols is 1. The topological polar surface area (TPSA) is 69.6 Å². The molecule has 0 unspecified atom stereocenters. The molecule has 2 N–H and O–H groups in total. The Bertz CT molecular complexity index is 561. The maximum absolute atomic E-state index is 12.3. The van der Waals surface area contributed by atoms with E-state index in [1.165, 1.54) is 0 Å². The highest BCUT2D eigenvalue weighted by Crippen LogP contribution is 2.26. The van der Waals surface area contributed by atoms with Gasteiger partial charge in [0.2, 0.25) is 11.8 Å². The molecule has 1 heterocycles. The van der Waals surface area contributed by atoms with Crippen molar-refractivity contribution in [3.05, 3.63) is 23.8 Å². The number of likely N-dealkylation sites (tertiary alicyclic amines) is 1. The van der Waals surface area contributed by atoms with Crippen LogP contribution in [0.25, 0.3) is 0 Å². The van der Waals surface area contributed by atoms with Gasteiger partial charge in [-0.15, -0.1) is 0 Å². The number of anilines is 1. The van der Waals surface area contributed by atoms with Gasteiger partial charge >= 0.3 is 0 Å². The van der Waals surface area contributed by atoms with Crippen LogP contribution in [-0.2, 0) is 9.59 Å². The Morgan fingerprint density at radius 3 is 2.50 bits per heavy atom. The van der Waals surface area contributed by atoms with E-state index in [-0.39, 0.29) is 29.4 Å². The van der Waals surface area contributed by atoms with Crippen molar-refractivity contribution in [1.82, 2.24) is 4.90 Å². The number of rotatable bonds is 3. The first-order valence-corrected chi connectivity index (χ1v) is 7.77. The predicted octanol–water partition coefficient (Wildman–Crippen LogP) is 2.53. The Morgan fingerprint density at radius 2 is 1.91 bits per heavy atom. The standard InChI is InChI=1S/C17H24N2O3/c1-11(2)17(22)19-8-6-13(7-9-19)16(21)18-14-10-12(3)4-5-15(14)20/h4-5,10-11,13,20H,6-9H2,1-3H3,(H,18,21). The quantitative estimate of drug-likeness (QED) is 0.843.